The molecule has 5 rings (SSSR count). The zero-order valence-electron chi connectivity index (χ0n) is 18.2. The molecule has 3 aliphatic rings. The zero-order valence-corrected chi connectivity index (χ0v) is 19.7. The Labute approximate surface area is 202 Å². The van der Waals surface area contributed by atoms with E-state index in [1.54, 1.807) is 0 Å². The third kappa shape index (κ3) is 4.29. The number of pyridine rings is 2. The summed E-state index contributed by atoms with van der Waals surface area (Å²) in [5, 5.41) is 9.87. The highest BCUT2D eigenvalue weighted by Gasteiger charge is 2.42. The molecule has 4 heterocycles. The topological polar surface area (TPSA) is 86.1 Å². The van der Waals surface area contributed by atoms with Crippen LogP contribution in [0, 0.1) is 23.2 Å². The molecule has 174 valence electrons. The van der Waals surface area contributed by atoms with E-state index in [-0.39, 0.29) is 23.1 Å². The predicted octanol–water partition coefficient (Wildman–Crippen LogP) is 4.47. The molecule has 0 radical (unpaired) electrons. The molecule has 0 amide bonds. The Balaban J connectivity index is 1.32. The number of hydrogen-bond donors (Lipinski definition) is 2. The van der Waals surface area contributed by atoms with E-state index in [1.807, 2.05) is 19.2 Å². The fourth-order valence-electron chi connectivity index (χ4n) is 5.16. The molecular weight excluding hydrogens is 466 g/mol. The smallest absolute Gasteiger partial charge is 0.232 e. The number of aromatic nitrogens is 2. The average molecular weight is 491 g/mol. The maximum Gasteiger partial charge on any atom is 0.232 e. The first kappa shape index (κ1) is 22.8. The summed E-state index contributed by atoms with van der Waals surface area (Å²) in [4.78, 5) is 10.3. The molecule has 2 N–H and O–H groups in total. The number of ether oxygens (including phenoxy) is 1. The van der Waals surface area contributed by atoms with E-state index in [2.05, 4.69) is 31.8 Å². The van der Waals surface area contributed by atoms with Crippen LogP contribution in [0.2, 0.25) is 10.0 Å². The van der Waals surface area contributed by atoms with E-state index in [0.29, 0.717) is 22.2 Å². The lowest BCUT2D eigenvalue weighted by Gasteiger charge is -2.35. The molecule has 2 saturated heterocycles. The summed E-state index contributed by atoms with van der Waals surface area (Å²) in [5.74, 6) is 0.285. The lowest BCUT2D eigenvalue weighted by atomic mass is 9.78. The second kappa shape index (κ2) is 9.32. The summed E-state index contributed by atoms with van der Waals surface area (Å²) in [7, 11) is 0. The molecule has 2 aromatic heterocycles. The van der Waals surface area contributed by atoms with Crippen molar-refractivity contribution >= 4 is 29.0 Å². The van der Waals surface area contributed by atoms with Crippen LogP contribution < -0.4 is 15.8 Å². The maximum atomic E-state index is 13.9. The molecule has 0 bridgehead atoms. The van der Waals surface area contributed by atoms with Gasteiger partial charge in [0.1, 0.15) is 16.9 Å². The number of halogens is 3. The molecule has 3 fully saturated rings. The molecule has 4 unspecified atom stereocenters. The van der Waals surface area contributed by atoms with E-state index in [1.165, 1.54) is 6.20 Å². The monoisotopic (exact) mass is 490 g/mol. The fourth-order valence-corrected chi connectivity index (χ4v) is 5.81. The summed E-state index contributed by atoms with van der Waals surface area (Å²) in [6.07, 6.45) is 6.38. The molecule has 0 aromatic carbocycles. The SMILES string of the molecule is C[C@H](OC1CCC2NNC(c3cnc(N4CCC4)c(C#N)c3)C2C1)c1c(Cl)cnc(F)c1Cl. The van der Waals surface area contributed by atoms with Crippen molar-refractivity contribution in [3.8, 4) is 6.07 Å². The number of nitrogens with one attached hydrogen (secondary N) is 2. The molecular formula is C23H25Cl2FN6O. The number of rotatable bonds is 5. The van der Waals surface area contributed by atoms with E-state index in [4.69, 9.17) is 27.9 Å². The Hall–Kier alpha value is -2.02. The number of fused-ring (bicyclic) bond motifs is 1. The first-order valence-electron chi connectivity index (χ1n) is 11.3. The van der Waals surface area contributed by atoms with Gasteiger partial charge in [-0.15, -0.1) is 0 Å². The molecule has 7 nitrogen and oxygen atoms in total. The summed E-state index contributed by atoms with van der Waals surface area (Å²) >= 11 is 12.4. The van der Waals surface area contributed by atoms with Crippen molar-refractivity contribution in [2.24, 2.45) is 5.92 Å². The summed E-state index contributed by atoms with van der Waals surface area (Å²) in [5.41, 5.74) is 8.84. The zero-order chi connectivity index (χ0) is 23.1. The van der Waals surface area contributed by atoms with Crippen molar-refractivity contribution in [3.63, 3.8) is 0 Å². The van der Waals surface area contributed by atoms with Gasteiger partial charge in [-0.2, -0.15) is 9.65 Å². The molecule has 1 aliphatic carbocycles. The molecule has 5 atom stereocenters. The van der Waals surface area contributed by atoms with Crippen molar-refractivity contribution in [1.82, 2.24) is 20.8 Å². The normalized spacial score (nSPS) is 27.5. The maximum absolute atomic E-state index is 13.9. The van der Waals surface area contributed by atoms with Gasteiger partial charge in [0, 0.05) is 37.1 Å². The first-order valence-corrected chi connectivity index (χ1v) is 12.0. The van der Waals surface area contributed by atoms with E-state index < -0.39 is 12.1 Å². The van der Waals surface area contributed by atoms with Crippen molar-refractivity contribution in [3.05, 3.63) is 51.1 Å². The molecule has 2 aliphatic heterocycles. The van der Waals surface area contributed by atoms with Gasteiger partial charge in [-0.3, -0.25) is 5.43 Å². The first-order chi connectivity index (χ1) is 16.0. The van der Waals surface area contributed by atoms with Gasteiger partial charge >= 0.3 is 0 Å². The third-order valence-corrected chi connectivity index (χ3v) is 7.66. The highest BCUT2D eigenvalue weighted by Crippen LogP contribution is 2.42. The van der Waals surface area contributed by atoms with E-state index in [9.17, 15) is 9.65 Å². The van der Waals surface area contributed by atoms with E-state index in [0.717, 1.165) is 50.2 Å². The minimum Gasteiger partial charge on any atom is -0.370 e. The fraction of sp³-hybridized carbons (Fsp3) is 0.522. The van der Waals surface area contributed by atoms with Crippen LogP contribution in [0.4, 0.5) is 10.2 Å². The van der Waals surface area contributed by atoms with Crippen LogP contribution in [-0.4, -0.2) is 35.2 Å². The largest absolute Gasteiger partial charge is 0.370 e. The number of hydrazine groups is 1. The second-order valence-corrected chi connectivity index (χ2v) is 9.75. The van der Waals surface area contributed by atoms with Gasteiger partial charge in [-0.1, -0.05) is 23.2 Å². The summed E-state index contributed by atoms with van der Waals surface area (Å²) < 4.78 is 20.2. The van der Waals surface area contributed by atoms with Crippen LogP contribution in [0.15, 0.2) is 18.5 Å². The molecule has 2 aromatic rings. The Morgan fingerprint density at radius 1 is 1.24 bits per heavy atom. The van der Waals surface area contributed by atoms with E-state index >= 15 is 0 Å². The van der Waals surface area contributed by atoms with Gasteiger partial charge in [0.2, 0.25) is 5.95 Å². The minimum absolute atomic E-state index is 0.0206. The number of nitrogens with zero attached hydrogens (tertiary/aromatic N) is 4. The minimum atomic E-state index is -0.748. The molecule has 0 spiro atoms. The summed E-state index contributed by atoms with van der Waals surface area (Å²) in [6.45, 7) is 3.72. The Kier molecular flexibility index (Phi) is 6.43. The van der Waals surface area contributed by atoms with Gasteiger partial charge in [0.25, 0.3) is 0 Å². The summed E-state index contributed by atoms with van der Waals surface area (Å²) in [6, 6.07) is 4.59. The number of anilines is 1. The molecule has 1 saturated carbocycles. The Morgan fingerprint density at radius 2 is 2.06 bits per heavy atom. The van der Waals surface area contributed by atoms with Gasteiger partial charge < -0.3 is 9.64 Å². The standard InChI is InChI=1S/C23H25Cl2FN6O/c1-12(19-17(24)11-28-22(26)20(19)25)33-15-3-4-18-16(8-15)21(31-30-18)14-7-13(9-27)23(29-10-14)32-5-2-6-32/h7,10-12,15-16,18,21,30-31H,2-6,8H2,1H3/t12-,15?,16?,18?,21?/m0/s1. The average Bonchev–Trinajstić information content (AvgIpc) is 3.19. The van der Waals surface area contributed by atoms with Gasteiger partial charge in [-0.25, -0.2) is 15.4 Å². The van der Waals surface area contributed by atoms with Gasteiger partial charge in [0.05, 0.1) is 28.8 Å². The Bertz CT molecular complexity index is 1090. The quantitative estimate of drug-likeness (QED) is 0.597. The lowest BCUT2D eigenvalue weighted by molar-refractivity contribution is -0.0371. The van der Waals surface area contributed by atoms with Crippen molar-refractivity contribution in [2.75, 3.05) is 18.0 Å². The third-order valence-electron chi connectivity index (χ3n) is 7.00. The van der Waals surface area contributed by atoms with Crippen LogP contribution in [0.5, 0.6) is 0 Å². The Morgan fingerprint density at radius 3 is 2.79 bits per heavy atom. The second-order valence-electron chi connectivity index (χ2n) is 8.97. The predicted molar refractivity (Wildman–Crippen MR) is 123 cm³/mol. The number of hydrogen-bond acceptors (Lipinski definition) is 7. The lowest BCUT2D eigenvalue weighted by Crippen LogP contribution is -2.38. The van der Waals surface area contributed by atoms with Crippen LogP contribution in [-0.2, 0) is 4.74 Å². The highest BCUT2D eigenvalue weighted by molar-refractivity contribution is 6.35. The van der Waals surface area contributed by atoms with Crippen molar-refractivity contribution in [2.45, 2.75) is 56.9 Å². The van der Waals surface area contributed by atoms with Crippen molar-refractivity contribution in [1.29, 1.82) is 5.26 Å². The van der Waals surface area contributed by atoms with Crippen LogP contribution >= 0.6 is 23.2 Å². The van der Waals surface area contributed by atoms with Gasteiger partial charge in [0.15, 0.2) is 0 Å². The highest BCUT2D eigenvalue weighted by atomic mass is 35.5. The van der Waals surface area contributed by atoms with Crippen LogP contribution in [0.3, 0.4) is 0 Å². The van der Waals surface area contributed by atoms with Crippen molar-refractivity contribution < 1.29 is 9.13 Å². The number of nitriles is 1. The van der Waals surface area contributed by atoms with Crippen LogP contribution in [0.1, 0.15) is 61.4 Å². The molecule has 33 heavy (non-hydrogen) atoms. The molecule has 10 heteroatoms. The van der Waals surface area contributed by atoms with Crippen LogP contribution in [0.25, 0.3) is 0 Å². The van der Waals surface area contributed by atoms with Gasteiger partial charge in [-0.05, 0) is 50.2 Å².